The number of carbonyl (C=O) groups excluding carboxylic acids is 3. The van der Waals surface area contributed by atoms with Crippen LogP contribution in [-0.4, -0.2) is 52.8 Å². The highest BCUT2D eigenvalue weighted by Gasteiger charge is 2.49. The maximum atomic E-state index is 13.6. The predicted molar refractivity (Wildman–Crippen MR) is 132 cm³/mol. The van der Waals surface area contributed by atoms with E-state index in [1.807, 2.05) is 6.07 Å². The fraction of sp³-hybridized carbons (Fsp3) is 0.520. The van der Waals surface area contributed by atoms with Crippen molar-refractivity contribution in [1.82, 2.24) is 20.5 Å². The Morgan fingerprint density at radius 1 is 1.31 bits per heavy atom. The van der Waals surface area contributed by atoms with Crippen LogP contribution in [0.25, 0.3) is 10.9 Å². The summed E-state index contributed by atoms with van der Waals surface area (Å²) in [6, 6.07) is 6.38. The summed E-state index contributed by atoms with van der Waals surface area (Å²) in [7, 11) is 0. The van der Waals surface area contributed by atoms with Crippen LogP contribution in [0.2, 0.25) is 10.0 Å². The summed E-state index contributed by atoms with van der Waals surface area (Å²) < 4.78 is 0. The van der Waals surface area contributed by atoms with Crippen LogP contribution in [0.4, 0.5) is 0 Å². The zero-order chi connectivity index (χ0) is 24.7. The second-order valence-corrected chi connectivity index (χ2v) is 10.9. The lowest BCUT2D eigenvalue weighted by atomic mass is 9.67. The van der Waals surface area contributed by atoms with E-state index in [4.69, 9.17) is 23.2 Å². The fourth-order valence-corrected chi connectivity index (χ4v) is 6.18. The molecule has 184 valence electrons. The third kappa shape index (κ3) is 4.60. The Balaban J connectivity index is 1.30. The summed E-state index contributed by atoms with van der Waals surface area (Å²) in [6.45, 7) is 1.21. The lowest BCUT2D eigenvalue weighted by Gasteiger charge is -2.37. The van der Waals surface area contributed by atoms with Crippen LogP contribution < -0.4 is 10.6 Å². The highest BCUT2D eigenvalue weighted by Crippen LogP contribution is 2.51. The number of rotatable bonds is 6. The van der Waals surface area contributed by atoms with Crippen LogP contribution in [0.3, 0.4) is 0 Å². The zero-order valence-electron chi connectivity index (χ0n) is 19.2. The first-order chi connectivity index (χ1) is 16.8. The molecule has 10 heteroatoms. The standard InChI is InChI=1S/C25H27Cl2N5O3/c26-18-3-2-14-9-19(31-22(14)21(18)27)24(35)32-13-25(5-1-6-25)11-17(32)10-20(33)30-16(12-28)8-15-4-7-29-23(15)34/h2-3,9,15-17,31H,1,4-8,10-11,13H2,(H,29,34)(H,30,33)/t15-,16-,17?/m0/s1. The Morgan fingerprint density at radius 2 is 2.11 bits per heavy atom. The molecule has 3 amide bonds. The van der Waals surface area contributed by atoms with Gasteiger partial charge in [0.2, 0.25) is 11.8 Å². The number of halogens is 2. The van der Waals surface area contributed by atoms with Gasteiger partial charge in [0, 0.05) is 36.9 Å². The molecule has 3 N–H and O–H groups in total. The van der Waals surface area contributed by atoms with Gasteiger partial charge in [0.05, 0.1) is 21.6 Å². The number of aromatic amines is 1. The second-order valence-electron chi connectivity index (χ2n) is 10.1. The van der Waals surface area contributed by atoms with Crippen LogP contribution in [0.5, 0.6) is 0 Å². The predicted octanol–water partition coefficient (Wildman–Crippen LogP) is 3.78. The van der Waals surface area contributed by atoms with Gasteiger partial charge in [0.15, 0.2) is 0 Å². The number of nitriles is 1. The van der Waals surface area contributed by atoms with Crippen molar-refractivity contribution in [3.8, 4) is 6.07 Å². The van der Waals surface area contributed by atoms with Gasteiger partial charge in [-0.2, -0.15) is 5.26 Å². The van der Waals surface area contributed by atoms with Crippen molar-refractivity contribution >= 4 is 51.8 Å². The highest BCUT2D eigenvalue weighted by atomic mass is 35.5. The monoisotopic (exact) mass is 515 g/mol. The molecule has 1 spiro atoms. The summed E-state index contributed by atoms with van der Waals surface area (Å²) in [6.07, 6.45) is 5.06. The fourth-order valence-electron chi connectivity index (χ4n) is 5.80. The topological polar surface area (TPSA) is 118 Å². The molecule has 1 saturated carbocycles. The van der Waals surface area contributed by atoms with E-state index in [1.54, 1.807) is 17.0 Å². The van der Waals surface area contributed by atoms with Gasteiger partial charge in [-0.1, -0.05) is 35.7 Å². The summed E-state index contributed by atoms with van der Waals surface area (Å²) in [5.74, 6) is -0.779. The number of nitrogens with one attached hydrogen (secondary N) is 3. The van der Waals surface area contributed by atoms with Crippen molar-refractivity contribution < 1.29 is 14.4 Å². The molecule has 1 unspecified atom stereocenters. The molecule has 5 rings (SSSR count). The molecule has 35 heavy (non-hydrogen) atoms. The maximum Gasteiger partial charge on any atom is 0.270 e. The number of fused-ring (bicyclic) bond motifs is 1. The lowest BCUT2D eigenvalue weighted by Crippen LogP contribution is -2.42. The Labute approximate surface area is 213 Å². The number of likely N-dealkylation sites (tertiary alicyclic amines) is 1. The first-order valence-corrected chi connectivity index (χ1v) is 12.8. The van der Waals surface area contributed by atoms with Crippen LogP contribution in [0.1, 0.15) is 55.4 Å². The second kappa shape index (κ2) is 9.36. The molecule has 8 nitrogen and oxygen atoms in total. The maximum absolute atomic E-state index is 13.6. The molecule has 1 aliphatic carbocycles. The quantitative estimate of drug-likeness (QED) is 0.542. The van der Waals surface area contributed by atoms with Crippen molar-refractivity contribution in [3.63, 3.8) is 0 Å². The van der Waals surface area contributed by atoms with E-state index in [0.29, 0.717) is 47.2 Å². The zero-order valence-corrected chi connectivity index (χ0v) is 20.7. The van der Waals surface area contributed by atoms with Crippen molar-refractivity contribution in [1.29, 1.82) is 5.26 Å². The summed E-state index contributed by atoms with van der Waals surface area (Å²) in [5, 5.41) is 16.6. The molecule has 1 aromatic heterocycles. The third-order valence-electron chi connectivity index (χ3n) is 7.80. The summed E-state index contributed by atoms with van der Waals surface area (Å²) >= 11 is 12.4. The Bertz CT molecular complexity index is 1230. The molecule has 2 aromatic rings. The van der Waals surface area contributed by atoms with Crippen LogP contribution in [-0.2, 0) is 9.59 Å². The van der Waals surface area contributed by atoms with Crippen molar-refractivity contribution in [2.24, 2.45) is 11.3 Å². The molecule has 1 aromatic carbocycles. The Morgan fingerprint density at radius 3 is 2.77 bits per heavy atom. The molecule has 0 bridgehead atoms. The Kier molecular flexibility index (Phi) is 6.41. The third-order valence-corrected chi connectivity index (χ3v) is 8.61. The van der Waals surface area contributed by atoms with E-state index >= 15 is 0 Å². The molecule has 3 heterocycles. The molecule has 3 atom stereocenters. The molecule has 2 saturated heterocycles. The molecular weight excluding hydrogens is 489 g/mol. The van der Waals surface area contributed by atoms with Crippen molar-refractivity contribution in [3.05, 3.63) is 33.9 Å². The van der Waals surface area contributed by atoms with E-state index in [1.165, 1.54) is 0 Å². The van der Waals surface area contributed by atoms with Gasteiger partial charge in [-0.25, -0.2) is 0 Å². The van der Waals surface area contributed by atoms with Gasteiger partial charge in [0.25, 0.3) is 5.91 Å². The highest BCUT2D eigenvalue weighted by molar-refractivity contribution is 6.45. The van der Waals surface area contributed by atoms with Gasteiger partial charge in [-0.05, 0) is 49.7 Å². The first kappa shape index (κ1) is 24.0. The van der Waals surface area contributed by atoms with Gasteiger partial charge in [-0.15, -0.1) is 0 Å². The van der Waals surface area contributed by atoms with Crippen molar-refractivity contribution in [2.45, 2.75) is 57.0 Å². The number of amides is 3. The molecular formula is C25H27Cl2N5O3. The number of benzene rings is 1. The Hall–Kier alpha value is -2.76. The molecule has 3 fully saturated rings. The smallest absolute Gasteiger partial charge is 0.270 e. The molecule has 3 aliphatic rings. The van der Waals surface area contributed by atoms with Gasteiger partial charge < -0.3 is 20.5 Å². The number of aromatic nitrogens is 1. The number of H-pyrrole nitrogens is 1. The minimum absolute atomic E-state index is 0.0597. The van der Waals surface area contributed by atoms with Crippen LogP contribution in [0.15, 0.2) is 18.2 Å². The number of carbonyl (C=O) groups is 3. The lowest BCUT2D eigenvalue weighted by molar-refractivity contribution is -0.124. The van der Waals surface area contributed by atoms with Crippen LogP contribution >= 0.6 is 23.2 Å². The minimum Gasteiger partial charge on any atom is -0.356 e. The number of hydrogen-bond donors (Lipinski definition) is 3. The normalized spacial score (nSPS) is 23.7. The average molecular weight is 516 g/mol. The van der Waals surface area contributed by atoms with Crippen LogP contribution in [0, 0.1) is 22.7 Å². The first-order valence-electron chi connectivity index (χ1n) is 12.0. The van der Waals surface area contributed by atoms with Gasteiger partial charge in [0.1, 0.15) is 11.7 Å². The molecule has 0 radical (unpaired) electrons. The average Bonchev–Trinajstić information content (AvgIpc) is 3.52. The number of nitrogens with zero attached hydrogens (tertiary/aromatic N) is 2. The van der Waals surface area contributed by atoms with Gasteiger partial charge in [-0.3, -0.25) is 14.4 Å². The van der Waals surface area contributed by atoms with Crippen molar-refractivity contribution in [2.75, 3.05) is 13.1 Å². The molecule has 2 aliphatic heterocycles. The summed E-state index contributed by atoms with van der Waals surface area (Å²) in [5.41, 5.74) is 1.08. The van der Waals surface area contributed by atoms with E-state index in [-0.39, 0.29) is 41.5 Å². The van der Waals surface area contributed by atoms with E-state index in [0.717, 1.165) is 31.1 Å². The van der Waals surface area contributed by atoms with E-state index in [2.05, 4.69) is 21.7 Å². The number of hydrogen-bond acceptors (Lipinski definition) is 4. The summed E-state index contributed by atoms with van der Waals surface area (Å²) in [4.78, 5) is 43.3. The minimum atomic E-state index is -0.736. The van der Waals surface area contributed by atoms with Gasteiger partial charge >= 0.3 is 0 Å². The van der Waals surface area contributed by atoms with E-state index < -0.39 is 6.04 Å². The largest absolute Gasteiger partial charge is 0.356 e. The van der Waals surface area contributed by atoms with E-state index in [9.17, 15) is 19.6 Å². The SMILES string of the molecule is N#C[C@H](C[C@@H]1CCNC1=O)NC(=O)CC1CC2(CCC2)CN1C(=O)c1cc2ccc(Cl)c(Cl)c2[nH]1.